The molecule has 0 atom stereocenters. The Morgan fingerprint density at radius 1 is 0.926 bits per heavy atom. The van der Waals surface area contributed by atoms with Crippen LogP contribution in [0.4, 0.5) is 11.4 Å². The summed E-state index contributed by atoms with van der Waals surface area (Å²) in [7, 11) is 0. The van der Waals surface area contributed by atoms with Gasteiger partial charge in [0.2, 0.25) is 5.91 Å². The van der Waals surface area contributed by atoms with Crippen molar-refractivity contribution in [1.82, 2.24) is 5.32 Å². The largest absolute Gasteiger partial charge is 0.376 e. The molecule has 2 rings (SSSR count). The highest BCUT2D eigenvalue weighted by molar-refractivity contribution is 6.04. The highest BCUT2D eigenvalue weighted by atomic mass is 16.2. The molecule has 0 aliphatic carbocycles. The van der Waals surface area contributed by atoms with E-state index in [1.54, 1.807) is 24.3 Å². The van der Waals surface area contributed by atoms with Gasteiger partial charge in [0, 0.05) is 12.2 Å². The lowest BCUT2D eigenvalue weighted by Crippen LogP contribution is -2.29. The van der Waals surface area contributed by atoms with Crippen molar-refractivity contribution in [3.8, 4) is 0 Å². The number of carbonyl (C=O) groups excluding carboxylic acids is 2. The van der Waals surface area contributed by atoms with Crippen molar-refractivity contribution in [2.45, 2.75) is 33.6 Å². The van der Waals surface area contributed by atoms with Crippen LogP contribution in [0.2, 0.25) is 0 Å². The molecule has 0 spiro atoms. The number of hydrogen-bond donors (Lipinski definition) is 3. The third kappa shape index (κ3) is 6.44. The van der Waals surface area contributed by atoms with Crippen molar-refractivity contribution in [1.29, 1.82) is 0 Å². The summed E-state index contributed by atoms with van der Waals surface area (Å²) < 4.78 is 0. The maximum Gasteiger partial charge on any atom is 0.253 e. The molecule has 0 bridgehead atoms. The summed E-state index contributed by atoms with van der Waals surface area (Å²) in [4.78, 5) is 24.6. The molecule has 0 unspecified atom stereocenters. The van der Waals surface area contributed by atoms with E-state index in [1.165, 1.54) is 5.56 Å². The molecule has 0 aromatic heterocycles. The maximum atomic E-state index is 12.3. The minimum atomic E-state index is -0.202. The van der Waals surface area contributed by atoms with E-state index < -0.39 is 0 Å². The molecule has 5 heteroatoms. The van der Waals surface area contributed by atoms with Gasteiger partial charge in [-0.2, -0.15) is 0 Å². The molecule has 144 valence electrons. The highest BCUT2D eigenvalue weighted by Gasteiger charge is 2.13. The summed E-state index contributed by atoms with van der Waals surface area (Å²) in [6.45, 7) is 9.08. The second-order valence-electron chi connectivity index (χ2n) is 7.33. The minimum Gasteiger partial charge on any atom is -0.376 e. The molecular formula is C22H29N3O2. The van der Waals surface area contributed by atoms with E-state index in [2.05, 4.69) is 41.9 Å². The maximum absolute atomic E-state index is 12.3. The molecule has 0 saturated carbocycles. The molecule has 0 heterocycles. The highest BCUT2D eigenvalue weighted by Crippen LogP contribution is 2.18. The Hall–Kier alpha value is -2.82. The van der Waals surface area contributed by atoms with Crippen LogP contribution in [0.15, 0.2) is 48.5 Å². The Bertz CT molecular complexity index is 767. The zero-order valence-electron chi connectivity index (χ0n) is 16.5. The number of benzene rings is 2. The fourth-order valence-corrected chi connectivity index (χ4v) is 2.54. The van der Waals surface area contributed by atoms with Gasteiger partial charge >= 0.3 is 0 Å². The van der Waals surface area contributed by atoms with Gasteiger partial charge < -0.3 is 16.0 Å². The van der Waals surface area contributed by atoms with Crippen LogP contribution in [0.1, 0.15) is 49.5 Å². The van der Waals surface area contributed by atoms with Crippen LogP contribution in [-0.4, -0.2) is 24.9 Å². The minimum absolute atomic E-state index is 0.128. The van der Waals surface area contributed by atoms with Crippen LogP contribution in [0.5, 0.6) is 0 Å². The van der Waals surface area contributed by atoms with Crippen LogP contribution in [0.25, 0.3) is 0 Å². The molecule has 0 fully saturated rings. The van der Waals surface area contributed by atoms with Gasteiger partial charge in [0.25, 0.3) is 5.91 Å². The lowest BCUT2D eigenvalue weighted by Gasteiger charge is -2.13. The Kier molecular flexibility index (Phi) is 7.41. The van der Waals surface area contributed by atoms with Crippen molar-refractivity contribution in [2.24, 2.45) is 5.92 Å². The zero-order valence-corrected chi connectivity index (χ0v) is 16.5. The SMILES string of the molecule is CC(C)CNC(=O)c1ccccc1NC(=O)CNc1ccc(C(C)C)cc1. The number of carbonyl (C=O) groups is 2. The first-order chi connectivity index (χ1) is 12.9. The van der Waals surface area contributed by atoms with Gasteiger partial charge in [0.15, 0.2) is 0 Å². The van der Waals surface area contributed by atoms with Crippen LogP contribution in [0, 0.1) is 5.92 Å². The fraction of sp³-hybridized carbons (Fsp3) is 0.364. The third-order valence-corrected chi connectivity index (χ3v) is 4.15. The molecule has 2 amide bonds. The van der Waals surface area contributed by atoms with Crippen molar-refractivity contribution < 1.29 is 9.59 Å². The number of rotatable bonds is 8. The summed E-state index contributed by atoms with van der Waals surface area (Å²) in [5.41, 5.74) is 3.12. The van der Waals surface area contributed by atoms with Crippen molar-refractivity contribution in [3.05, 3.63) is 59.7 Å². The summed E-state index contributed by atoms with van der Waals surface area (Å²) >= 11 is 0. The molecule has 0 saturated heterocycles. The number of anilines is 2. The number of para-hydroxylation sites is 1. The molecule has 0 aliphatic heterocycles. The van der Waals surface area contributed by atoms with E-state index in [1.807, 2.05) is 26.0 Å². The molecule has 2 aromatic rings. The van der Waals surface area contributed by atoms with Crippen LogP contribution in [0.3, 0.4) is 0 Å². The number of nitrogens with one attached hydrogen (secondary N) is 3. The quantitative estimate of drug-likeness (QED) is 0.653. The monoisotopic (exact) mass is 367 g/mol. The van der Waals surface area contributed by atoms with Crippen LogP contribution in [-0.2, 0) is 4.79 Å². The summed E-state index contributed by atoms with van der Waals surface area (Å²) in [6.07, 6.45) is 0. The second-order valence-corrected chi connectivity index (χ2v) is 7.33. The standard InChI is InChI=1S/C22H29N3O2/c1-15(2)13-24-22(27)19-7-5-6-8-20(19)25-21(26)14-23-18-11-9-17(10-12-18)16(3)4/h5-12,15-16,23H,13-14H2,1-4H3,(H,24,27)(H,25,26). The Labute approximate surface area is 161 Å². The van der Waals surface area contributed by atoms with Crippen LogP contribution < -0.4 is 16.0 Å². The van der Waals surface area contributed by atoms with Gasteiger partial charge in [-0.1, -0.05) is 52.0 Å². The average Bonchev–Trinajstić information content (AvgIpc) is 2.65. The second kappa shape index (κ2) is 9.76. The Balaban J connectivity index is 1.94. The lowest BCUT2D eigenvalue weighted by atomic mass is 10.0. The van der Waals surface area contributed by atoms with E-state index in [0.29, 0.717) is 29.6 Å². The number of amides is 2. The Morgan fingerprint density at radius 3 is 2.22 bits per heavy atom. The fourth-order valence-electron chi connectivity index (χ4n) is 2.54. The van der Waals surface area contributed by atoms with Gasteiger partial charge in [-0.05, 0) is 41.7 Å². The molecule has 5 nitrogen and oxygen atoms in total. The summed E-state index contributed by atoms with van der Waals surface area (Å²) in [6, 6.07) is 15.1. The van der Waals surface area contributed by atoms with Gasteiger partial charge in [-0.25, -0.2) is 0 Å². The van der Waals surface area contributed by atoms with E-state index in [-0.39, 0.29) is 18.4 Å². The lowest BCUT2D eigenvalue weighted by molar-refractivity contribution is -0.114. The summed E-state index contributed by atoms with van der Waals surface area (Å²) in [5, 5.41) is 8.80. The molecule has 2 aromatic carbocycles. The van der Waals surface area contributed by atoms with E-state index in [0.717, 1.165) is 5.69 Å². The topological polar surface area (TPSA) is 70.2 Å². The van der Waals surface area contributed by atoms with E-state index in [4.69, 9.17) is 0 Å². The van der Waals surface area contributed by atoms with E-state index in [9.17, 15) is 9.59 Å². The van der Waals surface area contributed by atoms with Crippen molar-refractivity contribution in [2.75, 3.05) is 23.7 Å². The molecular weight excluding hydrogens is 338 g/mol. The molecule has 27 heavy (non-hydrogen) atoms. The van der Waals surface area contributed by atoms with Gasteiger partial charge in [-0.3, -0.25) is 9.59 Å². The third-order valence-electron chi connectivity index (χ3n) is 4.15. The predicted molar refractivity (Wildman–Crippen MR) is 111 cm³/mol. The Morgan fingerprint density at radius 2 is 1.59 bits per heavy atom. The zero-order chi connectivity index (χ0) is 19.8. The predicted octanol–water partition coefficient (Wildman–Crippen LogP) is 4.25. The first-order valence-electron chi connectivity index (χ1n) is 9.37. The number of hydrogen-bond acceptors (Lipinski definition) is 3. The smallest absolute Gasteiger partial charge is 0.253 e. The van der Waals surface area contributed by atoms with Crippen LogP contribution >= 0.6 is 0 Å². The first kappa shape index (κ1) is 20.5. The first-order valence-corrected chi connectivity index (χ1v) is 9.37. The van der Waals surface area contributed by atoms with Crippen molar-refractivity contribution in [3.63, 3.8) is 0 Å². The van der Waals surface area contributed by atoms with Gasteiger partial charge in [0.1, 0.15) is 0 Å². The summed E-state index contributed by atoms with van der Waals surface area (Å²) in [5.74, 6) is 0.451. The average molecular weight is 367 g/mol. The van der Waals surface area contributed by atoms with Gasteiger partial charge in [0.05, 0.1) is 17.8 Å². The molecule has 0 aliphatic rings. The molecule has 3 N–H and O–H groups in total. The van der Waals surface area contributed by atoms with Gasteiger partial charge in [-0.15, -0.1) is 0 Å². The molecule has 0 radical (unpaired) electrons. The van der Waals surface area contributed by atoms with Crippen molar-refractivity contribution >= 4 is 23.2 Å². The normalized spacial score (nSPS) is 10.7. The van der Waals surface area contributed by atoms with E-state index >= 15 is 0 Å².